The Balaban J connectivity index is 1.97. The van der Waals surface area contributed by atoms with Crippen molar-refractivity contribution in [2.24, 2.45) is 0 Å². The minimum atomic E-state index is -0.512. The molecule has 32 heavy (non-hydrogen) atoms. The molecule has 1 atom stereocenters. The summed E-state index contributed by atoms with van der Waals surface area (Å²) in [5, 5.41) is 6.62. The Bertz CT molecular complexity index is 1110. The first-order chi connectivity index (χ1) is 15.1. The van der Waals surface area contributed by atoms with Crippen molar-refractivity contribution in [1.29, 1.82) is 0 Å². The molecule has 3 rings (SSSR count). The van der Waals surface area contributed by atoms with E-state index in [1.807, 2.05) is 6.92 Å². The van der Waals surface area contributed by atoms with Crippen molar-refractivity contribution in [3.8, 4) is 21.8 Å². The number of ether oxygens (including phenoxy) is 1. The molecule has 2 heterocycles. The van der Waals surface area contributed by atoms with Crippen LogP contribution in [-0.4, -0.2) is 40.7 Å². The first kappa shape index (κ1) is 23.4. The third-order valence-electron chi connectivity index (χ3n) is 4.56. The first-order valence-corrected chi connectivity index (χ1v) is 10.9. The number of hydrogen-bond acceptors (Lipinski definition) is 8. The van der Waals surface area contributed by atoms with Crippen molar-refractivity contribution in [3.63, 3.8) is 0 Å². The fourth-order valence-corrected chi connectivity index (χ4v) is 3.96. The van der Waals surface area contributed by atoms with Gasteiger partial charge >= 0.3 is 6.09 Å². The van der Waals surface area contributed by atoms with Gasteiger partial charge in [0.1, 0.15) is 0 Å². The number of thiazole rings is 1. The Morgan fingerprint density at radius 2 is 2.03 bits per heavy atom. The van der Waals surface area contributed by atoms with Gasteiger partial charge in [-0.1, -0.05) is 26.8 Å². The number of rotatable bonds is 6. The topological polar surface area (TPSA) is 115 Å². The molecule has 1 aromatic carbocycles. The highest BCUT2D eigenvalue weighted by molar-refractivity contribution is 7.15. The minimum Gasteiger partial charge on any atom is -0.453 e. The van der Waals surface area contributed by atoms with Crippen molar-refractivity contribution in [2.75, 3.05) is 24.7 Å². The first-order valence-electron chi connectivity index (χ1n) is 10.1. The Morgan fingerprint density at radius 1 is 1.28 bits per heavy atom. The van der Waals surface area contributed by atoms with E-state index in [1.165, 1.54) is 24.5 Å². The van der Waals surface area contributed by atoms with Crippen LogP contribution in [0.1, 0.15) is 32.7 Å². The molecular weight excluding hydrogens is 431 g/mol. The smallest absolute Gasteiger partial charge is 0.407 e. The summed E-state index contributed by atoms with van der Waals surface area (Å²) in [4.78, 5) is 25.7. The van der Waals surface area contributed by atoms with Crippen LogP contribution in [0.2, 0.25) is 0 Å². The maximum atomic E-state index is 14.9. The lowest BCUT2D eigenvalue weighted by atomic mass is 9.98. The lowest BCUT2D eigenvalue weighted by Crippen LogP contribution is -2.37. The van der Waals surface area contributed by atoms with Gasteiger partial charge in [0.2, 0.25) is 5.95 Å². The van der Waals surface area contributed by atoms with E-state index >= 15 is 0 Å². The molecule has 170 valence electrons. The molecule has 0 fully saturated rings. The van der Waals surface area contributed by atoms with Gasteiger partial charge in [-0.3, -0.25) is 0 Å². The Morgan fingerprint density at radius 3 is 2.72 bits per heavy atom. The van der Waals surface area contributed by atoms with Crippen LogP contribution in [0.15, 0.2) is 30.5 Å². The van der Waals surface area contributed by atoms with Gasteiger partial charge in [-0.15, -0.1) is 11.3 Å². The maximum absolute atomic E-state index is 14.9. The number of carbonyl (C=O) groups excluding carboxylic acids is 1. The summed E-state index contributed by atoms with van der Waals surface area (Å²) in [5.41, 5.74) is 7.08. The molecule has 4 N–H and O–H groups in total. The molecule has 0 unspecified atom stereocenters. The second kappa shape index (κ2) is 9.47. The molecule has 0 saturated carbocycles. The Labute approximate surface area is 190 Å². The van der Waals surface area contributed by atoms with Crippen molar-refractivity contribution >= 4 is 29.1 Å². The van der Waals surface area contributed by atoms with E-state index < -0.39 is 11.9 Å². The largest absolute Gasteiger partial charge is 0.453 e. The molecule has 2 aromatic heterocycles. The monoisotopic (exact) mass is 458 g/mol. The second-order valence-corrected chi connectivity index (χ2v) is 9.34. The summed E-state index contributed by atoms with van der Waals surface area (Å²) in [6, 6.07) is 6.44. The molecule has 0 saturated heterocycles. The molecule has 0 bridgehead atoms. The van der Waals surface area contributed by atoms with Gasteiger partial charge in [-0.05, 0) is 25.1 Å². The summed E-state index contributed by atoms with van der Waals surface area (Å²) in [5.74, 6) is -0.125. The van der Waals surface area contributed by atoms with Gasteiger partial charge in [-0.2, -0.15) is 0 Å². The summed E-state index contributed by atoms with van der Waals surface area (Å²) < 4.78 is 19.5. The van der Waals surface area contributed by atoms with Gasteiger partial charge in [-0.25, -0.2) is 24.1 Å². The summed E-state index contributed by atoms with van der Waals surface area (Å²) in [7, 11) is 1.31. The van der Waals surface area contributed by atoms with Crippen LogP contribution in [0.5, 0.6) is 0 Å². The van der Waals surface area contributed by atoms with Crippen molar-refractivity contribution in [2.45, 2.75) is 39.2 Å². The van der Waals surface area contributed by atoms with Gasteiger partial charge in [0.15, 0.2) is 5.82 Å². The molecule has 0 spiro atoms. The summed E-state index contributed by atoms with van der Waals surface area (Å²) in [6.07, 6.45) is 1.11. The fraction of sp³-hybridized carbons (Fsp3) is 0.364. The number of hydrogen-bond donors (Lipinski definition) is 3. The third-order valence-corrected chi connectivity index (χ3v) is 6.06. The molecule has 10 heteroatoms. The lowest BCUT2D eigenvalue weighted by Gasteiger charge is -2.14. The zero-order valence-electron chi connectivity index (χ0n) is 18.7. The fourth-order valence-electron chi connectivity index (χ4n) is 2.86. The van der Waals surface area contributed by atoms with Crippen molar-refractivity contribution in [3.05, 3.63) is 41.3 Å². The zero-order valence-corrected chi connectivity index (χ0v) is 19.5. The number of carbonyl (C=O) groups is 1. The molecule has 1 amide bonds. The van der Waals surface area contributed by atoms with Crippen molar-refractivity contribution < 1.29 is 13.9 Å². The molecule has 0 aliphatic heterocycles. The van der Waals surface area contributed by atoms with Crippen LogP contribution in [-0.2, 0) is 10.2 Å². The van der Waals surface area contributed by atoms with E-state index in [9.17, 15) is 9.18 Å². The van der Waals surface area contributed by atoms with E-state index in [4.69, 9.17) is 10.7 Å². The summed E-state index contributed by atoms with van der Waals surface area (Å²) in [6.45, 7) is 8.38. The average molecular weight is 459 g/mol. The van der Waals surface area contributed by atoms with E-state index in [-0.39, 0.29) is 17.1 Å². The highest BCUT2D eigenvalue weighted by atomic mass is 32.1. The summed E-state index contributed by atoms with van der Waals surface area (Å²) >= 11 is 1.46. The number of benzene rings is 1. The predicted octanol–water partition coefficient (Wildman–Crippen LogP) is 4.44. The third kappa shape index (κ3) is 5.31. The Hall–Kier alpha value is -3.27. The van der Waals surface area contributed by atoms with Crippen LogP contribution in [0.25, 0.3) is 21.8 Å². The molecular formula is C22H27FN6O2S. The average Bonchev–Trinajstić information content (AvgIpc) is 3.20. The van der Waals surface area contributed by atoms with E-state index in [1.54, 1.807) is 24.4 Å². The van der Waals surface area contributed by atoms with Crippen LogP contribution in [0.3, 0.4) is 0 Å². The molecule has 8 nitrogen and oxygen atoms in total. The van der Waals surface area contributed by atoms with E-state index in [0.29, 0.717) is 29.4 Å². The number of aromatic nitrogens is 3. The number of methoxy groups -OCH3 is 1. The number of nitrogens with zero attached hydrogens (tertiary/aromatic N) is 3. The second-order valence-electron chi connectivity index (χ2n) is 8.34. The predicted molar refractivity (Wildman–Crippen MR) is 125 cm³/mol. The SMILES string of the molecule is COC(=O)N[C@@H](C)CNc1nccc(-c2sc(C(C)(C)C)nc2-c2cccc(N)c2F)n1. The highest BCUT2D eigenvalue weighted by Gasteiger charge is 2.25. The number of nitrogens with one attached hydrogen (secondary N) is 2. The van der Waals surface area contributed by atoms with Gasteiger partial charge in [0, 0.05) is 29.8 Å². The number of nitrogens with two attached hydrogens (primary N) is 1. The zero-order chi connectivity index (χ0) is 23.5. The van der Waals surface area contributed by atoms with Crippen LogP contribution in [0, 0.1) is 5.82 Å². The van der Waals surface area contributed by atoms with E-state index in [0.717, 1.165) is 9.88 Å². The van der Waals surface area contributed by atoms with Crippen molar-refractivity contribution in [1.82, 2.24) is 20.3 Å². The van der Waals surface area contributed by atoms with Crippen LogP contribution in [0.4, 0.5) is 20.8 Å². The number of amides is 1. The highest BCUT2D eigenvalue weighted by Crippen LogP contribution is 2.41. The normalized spacial score (nSPS) is 12.3. The Kier molecular flexibility index (Phi) is 6.93. The minimum absolute atomic E-state index is 0.0656. The number of alkyl carbamates (subject to hydrolysis) is 1. The van der Waals surface area contributed by atoms with E-state index in [2.05, 4.69) is 46.1 Å². The number of halogens is 1. The van der Waals surface area contributed by atoms with Crippen LogP contribution < -0.4 is 16.4 Å². The lowest BCUT2D eigenvalue weighted by molar-refractivity contribution is 0.168. The number of nitrogen functional groups attached to an aromatic ring is 1. The van der Waals surface area contributed by atoms with Gasteiger partial charge in [0.25, 0.3) is 0 Å². The van der Waals surface area contributed by atoms with Gasteiger partial charge in [0.05, 0.1) is 34.1 Å². The molecule has 0 radical (unpaired) electrons. The number of anilines is 2. The standard InChI is InChI=1S/C22H27FN6O2S/c1-12(27-21(30)31-5)11-26-20-25-10-9-15(28-20)18-17(29-19(32-18)22(2,3)4)13-7-6-8-14(24)16(13)23/h6-10,12H,11,24H2,1-5H3,(H,27,30)(H,25,26,28)/t12-/m0/s1. The maximum Gasteiger partial charge on any atom is 0.407 e. The molecule has 0 aliphatic rings. The molecule has 3 aromatic rings. The molecule has 0 aliphatic carbocycles. The quantitative estimate of drug-likeness (QED) is 0.468. The van der Waals surface area contributed by atoms with Crippen LogP contribution >= 0.6 is 11.3 Å². The van der Waals surface area contributed by atoms with Gasteiger partial charge < -0.3 is 21.1 Å².